The Morgan fingerprint density at radius 3 is 3.17 bits per heavy atom. The van der Waals surface area contributed by atoms with Crippen molar-refractivity contribution in [2.24, 2.45) is 0 Å². The quantitative estimate of drug-likeness (QED) is 0.789. The summed E-state index contributed by atoms with van der Waals surface area (Å²) in [5, 5.41) is 25.3. The fraction of sp³-hybridized carbons (Fsp3) is 0.400. The van der Waals surface area contributed by atoms with Gasteiger partial charge in [-0.1, -0.05) is 6.07 Å². The molecule has 0 saturated carbocycles. The fourth-order valence-electron chi connectivity index (χ4n) is 1.26. The molecule has 0 unspecified atom stereocenters. The van der Waals surface area contributed by atoms with E-state index in [2.05, 4.69) is 20.7 Å². The van der Waals surface area contributed by atoms with Crippen LogP contribution >= 0.6 is 11.3 Å². The van der Waals surface area contributed by atoms with E-state index in [4.69, 9.17) is 5.11 Å². The molecule has 0 aromatic carbocycles. The minimum absolute atomic E-state index is 0.00883. The van der Waals surface area contributed by atoms with Gasteiger partial charge in [-0.25, -0.2) is 0 Å². The molecule has 8 heteroatoms. The molecule has 0 bridgehead atoms. The summed E-state index contributed by atoms with van der Waals surface area (Å²) in [5.41, 5.74) is 0. The lowest BCUT2D eigenvalue weighted by atomic mass is 10.4. The average molecular weight is 267 g/mol. The van der Waals surface area contributed by atoms with Crippen molar-refractivity contribution >= 4 is 17.2 Å². The summed E-state index contributed by atoms with van der Waals surface area (Å²) in [6, 6.07) is 3.79. The van der Waals surface area contributed by atoms with Crippen LogP contribution in [0.25, 0.3) is 10.7 Å². The first-order chi connectivity index (χ1) is 8.65. The Morgan fingerprint density at radius 1 is 1.67 bits per heavy atom. The molecule has 0 fully saturated rings. The van der Waals surface area contributed by atoms with E-state index in [9.17, 15) is 4.79 Å². The number of thiophene rings is 1. The summed E-state index contributed by atoms with van der Waals surface area (Å²) in [6.07, 6.45) is -0.570. The highest BCUT2D eigenvalue weighted by Gasteiger charge is 2.09. The molecule has 7 nitrogen and oxygen atoms in total. The van der Waals surface area contributed by atoms with Crippen molar-refractivity contribution in [1.29, 1.82) is 0 Å². The number of tetrazole rings is 1. The van der Waals surface area contributed by atoms with E-state index in [0.29, 0.717) is 5.82 Å². The third-order valence-corrected chi connectivity index (χ3v) is 2.94. The number of amides is 1. The van der Waals surface area contributed by atoms with Crippen LogP contribution in [-0.2, 0) is 11.3 Å². The zero-order valence-electron chi connectivity index (χ0n) is 9.78. The van der Waals surface area contributed by atoms with Gasteiger partial charge in [0.25, 0.3) is 0 Å². The van der Waals surface area contributed by atoms with Crippen LogP contribution in [0.4, 0.5) is 0 Å². The van der Waals surface area contributed by atoms with Crippen LogP contribution in [-0.4, -0.2) is 43.9 Å². The first-order valence-electron chi connectivity index (χ1n) is 5.41. The average Bonchev–Trinajstić information content (AvgIpc) is 2.95. The van der Waals surface area contributed by atoms with Crippen LogP contribution in [0.1, 0.15) is 6.92 Å². The summed E-state index contributed by atoms with van der Waals surface area (Å²) in [5.74, 6) is 0.249. The van der Waals surface area contributed by atoms with Gasteiger partial charge in [-0.05, 0) is 23.6 Å². The van der Waals surface area contributed by atoms with Gasteiger partial charge in [-0.15, -0.1) is 21.5 Å². The van der Waals surface area contributed by atoms with Crippen molar-refractivity contribution in [3.63, 3.8) is 0 Å². The van der Waals surface area contributed by atoms with Gasteiger partial charge in [-0.2, -0.15) is 4.80 Å². The number of nitrogens with one attached hydrogen (secondary N) is 1. The third-order valence-electron chi connectivity index (χ3n) is 2.07. The minimum Gasteiger partial charge on any atom is -0.392 e. The van der Waals surface area contributed by atoms with Gasteiger partial charge in [-0.3, -0.25) is 4.79 Å². The smallest absolute Gasteiger partial charge is 0.243 e. The molecule has 2 aromatic heterocycles. The second-order valence-corrected chi connectivity index (χ2v) is 4.72. The Morgan fingerprint density at radius 2 is 2.50 bits per heavy atom. The number of aliphatic hydroxyl groups is 1. The topological polar surface area (TPSA) is 92.9 Å². The second kappa shape index (κ2) is 5.69. The molecule has 2 rings (SSSR count). The largest absolute Gasteiger partial charge is 0.392 e. The highest BCUT2D eigenvalue weighted by atomic mass is 32.1. The third kappa shape index (κ3) is 3.34. The van der Waals surface area contributed by atoms with E-state index in [1.54, 1.807) is 6.92 Å². The number of hydrogen-bond donors (Lipinski definition) is 2. The van der Waals surface area contributed by atoms with E-state index in [0.717, 1.165) is 4.88 Å². The van der Waals surface area contributed by atoms with Crippen molar-refractivity contribution in [1.82, 2.24) is 25.5 Å². The molecule has 0 saturated heterocycles. The molecular formula is C10H13N5O2S. The maximum absolute atomic E-state index is 11.5. The zero-order chi connectivity index (χ0) is 13.0. The number of aromatic nitrogens is 4. The highest BCUT2D eigenvalue weighted by molar-refractivity contribution is 7.13. The van der Waals surface area contributed by atoms with Crippen LogP contribution in [0, 0.1) is 0 Å². The number of aliphatic hydroxyl groups excluding tert-OH is 1. The van der Waals surface area contributed by atoms with Crippen molar-refractivity contribution in [3.05, 3.63) is 17.5 Å². The minimum atomic E-state index is -0.570. The maximum Gasteiger partial charge on any atom is 0.243 e. The molecule has 0 aliphatic carbocycles. The molecule has 2 N–H and O–H groups in total. The lowest BCUT2D eigenvalue weighted by molar-refractivity contribution is -0.122. The highest BCUT2D eigenvalue weighted by Crippen LogP contribution is 2.19. The van der Waals surface area contributed by atoms with Gasteiger partial charge < -0.3 is 10.4 Å². The maximum atomic E-state index is 11.5. The summed E-state index contributed by atoms with van der Waals surface area (Å²) in [7, 11) is 0. The van der Waals surface area contributed by atoms with E-state index >= 15 is 0 Å². The molecule has 0 aliphatic heterocycles. The van der Waals surface area contributed by atoms with Gasteiger partial charge in [0.05, 0.1) is 11.0 Å². The van der Waals surface area contributed by atoms with E-state index in [-0.39, 0.29) is 19.0 Å². The number of rotatable bonds is 5. The first kappa shape index (κ1) is 12.7. The van der Waals surface area contributed by atoms with E-state index in [1.807, 2.05) is 17.5 Å². The van der Waals surface area contributed by atoms with Gasteiger partial charge in [0.1, 0.15) is 6.54 Å². The molecule has 96 valence electrons. The zero-order valence-corrected chi connectivity index (χ0v) is 10.6. The summed E-state index contributed by atoms with van der Waals surface area (Å²) >= 11 is 1.51. The Labute approximate surface area is 107 Å². The standard InChI is InChI=1S/C10H13N5O2S/c1-7(16)5-11-9(17)6-15-13-10(12-14-15)8-3-2-4-18-8/h2-4,7,16H,5-6H2,1H3,(H,11,17)/t7-/m0/s1. The van der Waals surface area contributed by atoms with Crippen LogP contribution in [0.5, 0.6) is 0 Å². The first-order valence-corrected chi connectivity index (χ1v) is 6.29. The molecule has 2 heterocycles. The fourth-order valence-corrected chi connectivity index (χ4v) is 1.91. The Balaban J connectivity index is 1.93. The SMILES string of the molecule is C[C@H](O)CNC(=O)Cn1nnc(-c2cccs2)n1. The molecule has 1 atom stereocenters. The van der Waals surface area contributed by atoms with Crippen molar-refractivity contribution in [2.75, 3.05) is 6.54 Å². The van der Waals surface area contributed by atoms with Crippen LogP contribution < -0.4 is 5.32 Å². The predicted molar refractivity (Wildman–Crippen MR) is 65.8 cm³/mol. The summed E-state index contributed by atoms with van der Waals surface area (Å²) < 4.78 is 0. The predicted octanol–water partition coefficient (Wildman–Crippen LogP) is -0.101. The van der Waals surface area contributed by atoms with Crippen molar-refractivity contribution in [3.8, 4) is 10.7 Å². The summed E-state index contributed by atoms with van der Waals surface area (Å²) in [4.78, 5) is 13.6. The lowest BCUT2D eigenvalue weighted by Gasteiger charge is -2.05. The molecule has 1 amide bonds. The Kier molecular flexibility index (Phi) is 4.00. The lowest BCUT2D eigenvalue weighted by Crippen LogP contribution is -2.33. The normalized spacial score (nSPS) is 12.3. The molecule has 0 spiro atoms. The van der Waals surface area contributed by atoms with Crippen LogP contribution in [0.15, 0.2) is 17.5 Å². The van der Waals surface area contributed by atoms with E-state index < -0.39 is 6.10 Å². The molecule has 0 aliphatic rings. The van der Waals surface area contributed by atoms with Crippen molar-refractivity contribution < 1.29 is 9.90 Å². The van der Waals surface area contributed by atoms with Gasteiger partial charge in [0.15, 0.2) is 0 Å². The molecule has 0 radical (unpaired) electrons. The van der Waals surface area contributed by atoms with Crippen LogP contribution in [0.2, 0.25) is 0 Å². The number of hydrogen-bond acceptors (Lipinski definition) is 6. The molecular weight excluding hydrogens is 254 g/mol. The molecule has 2 aromatic rings. The summed E-state index contributed by atoms with van der Waals surface area (Å²) in [6.45, 7) is 1.80. The Bertz CT molecular complexity index is 508. The van der Waals surface area contributed by atoms with Gasteiger partial charge in [0.2, 0.25) is 11.7 Å². The van der Waals surface area contributed by atoms with Gasteiger partial charge in [0, 0.05) is 6.54 Å². The monoisotopic (exact) mass is 267 g/mol. The van der Waals surface area contributed by atoms with E-state index in [1.165, 1.54) is 16.1 Å². The molecule has 18 heavy (non-hydrogen) atoms. The van der Waals surface area contributed by atoms with Crippen LogP contribution in [0.3, 0.4) is 0 Å². The second-order valence-electron chi connectivity index (χ2n) is 3.77. The van der Waals surface area contributed by atoms with Gasteiger partial charge >= 0.3 is 0 Å². The number of nitrogens with zero attached hydrogens (tertiary/aromatic N) is 4. The Hall–Kier alpha value is -1.80. The number of carbonyl (C=O) groups excluding carboxylic acids is 1. The number of carbonyl (C=O) groups is 1. The van der Waals surface area contributed by atoms with Crippen molar-refractivity contribution in [2.45, 2.75) is 19.6 Å².